The molecule has 2 aliphatic heterocycles. The van der Waals surface area contributed by atoms with Gasteiger partial charge in [0.2, 0.25) is 0 Å². The first kappa shape index (κ1) is 8.52. The molecule has 2 fully saturated rings. The Morgan fingerprint density at radius 2 is 2.25 bits per heavy atom. The SMILES string of the molecule is CC(C)N1CC2COC(C)(C2)C1. The third kappa shape index (κ3) is 1.38. The summed E-state index contributed by atoms with van der Waals surface area (Å²) in [5.41, 5.74) is 0.174. The van der Waals surface area contributed by atoms with E-state index < -0.39 is 0 Å². The van der Waals surface area contributed by atoms with Crippen molar-refractivity contribution in [1.82, 2.24) is 4.90 Å². The summed E-state index contributed by atoms with van der Waals surface area (Å²) in [5, 5.41) is 0. The molecule has 12 heavy (non-hydrogen) atoms. The minimum Gasteiger partial charge on any atom is -0.374 e. The molecule has 70 valence electrons. The van der Waals surface area contributed by atoms with Crippen LogP contribution in [0.5, 0.6) is 0 Å². The fourth-order valence-electron chi connectivity index (χ4n) is 2.49. The molecule has 0 spiro atoms. The molecule has 2 nitrogen and oxygen atoms in total. The van der Waals surface area contributed by atoms with Gasteiger partial charge in [-0.05, 0) is 33.1 Å². The Labute approximate surface area is 74.9 Å². The number of hydrogen-bond acceptors (Lipinski definition) is 2. The quantitative estimate of drug-likeness (QED) is 0.590. The van der Waals surface area contributed by atoms with Gasteiger partial charge in [0.25, 0.3) is 0 Å². The Balaban J connectivity index is 2.06. The number of hydrogen-bond donors (Lipinski definition) is 0. The highest BCUT2D eigenvalue weighted by Gasteiger charge is 2.43. The van der Waals surface area contributed by atoms with Crippen LogP contribution in [0.25, 0.3) is 0 Å². The molecular formula is C10H19NO. The van der Waals surface area contributed by atoms with Gasteiger partial charge in [-0.15, -0.1) is 0 Å². The second-order valence-electron chi connectivity index (χ2n) is 4.85. The van der Waals surface area contributed by atoms with E-state index in [0.29, 0.717) is 6.04 Å². The second-order valence-corrected chi connectivity index (χ2v) is 4.85. The first-order valence-corrected chi connectivity index (χ1v) is 4.97. The lowest BCUT2D eigenvalue weighted by molar-refractivity contribution is -0.0113. The first-order chi connectivity index (χ1) is 5.59. The molecule has 0 aliphatic carbocycles. The topological polar surface area (TPSA) is 12.5 Å². The smallest absolute Gasteiger partial charge is 0.0785 e. The van der Waals surface area contributed by atoms with Gasteiger partial charge in [-0.2, -0.15) is 0 Å². The summed E-state index contributed by atoms with van der Waals surface area (Å²) in [6.07, 6.45) is 1.27. The average Bonchev–Trinajstić information content (AvgIpc) is 2.25. The maximum absolute atomic E-state index is 5.80. The summed E-state index contributed by atoms with van der Waals surface area (Å²) in [6, 6.07) is 0.675. The summed E-state index contributed by atoms with van der Waals surface area (Å²) in [4.78, 5) is 2.54. The highest BCUT2D eigenvalue weighted by atomic mass is 16.5. The van der Waals surface area contributed by atoms with Gasteiger partial charge in [-0.1, -0.05) is 0 Å². The highest BCUT2D eigenvalue weighted by molar-refractivity contribution is 4.94. The van der Waals surface area contributed by atoms with Crippen molar-refractivity contribution in [3.63, 3.8) is 0 Å². The highest BCUT2D eigenvalue weighted by Crippen LogP contribution is 2.36. The minimum absolute atomic E-state index is 0.174. The van der Waals surface area contributed by atoms with Crippen LogP contribution in [0, 0.1) is 5.92 Å². The summed E-state index contributed by atoms with van der Waals surface area (Å²) >= 11 is 0. The second kappa shape index (κ2) is 2.71. The Kier molecular flexibility index (Phi) is 1.92. The van der Waals surface area contributed by atoms with Gasteiger partial charge in [0.05, 0.1) is 12.2 Å². The van der Waals surface area contributed by atoms with Crippen LogP contribution in [0.2, 0.25) is 0 Å². The zero-order valence-electron chi connectivity index (χ0n) is 8.34. The van der Waals surface area contributed by atoms with E-state index in [0.717, 1.165) is 19.1 Å². The number of nitrogens with zero attached hydrogens (tertiary/aromatic N) is 1. The van der Waals surface area contributed by atoms with Gasteiger partial charge in [-0.3, -0.25) is 4.90 Å². The lowest BCUT2D eigenvalue weighted by atomic mass is 9.90. The Morgan fingerprint density at radius 3 is 2.83 bits per heavy atom. The van der Waals surface area contributed by atoms with Crippen molar-refractivity contribution in [1.29, 1.82) is 0 Å². The molecule has 2 bridgehead atoms. The summed E-state index contributed by atoms with van der Waals surface area (Å²) in [7, 11) is 0. The number of rotatable bonds is 1. The molecule has 2 aliphatic rings. The molecule has 2 saturated heterocycles. The standard InChI is InChI=1S/C10H19NO/c1-8(2)11-5-9-4-10(3,7-11)12-6-9/h8-9H,4-7H2,1-3H3. The molecule has 2 heterocycles. The number of fused-ring (bicyclic) bond motifs is 2. The molecule has 0 aromatic heterocycles. The lowest BCUT2D eigenvalue weighted by Gasteiger charge is -2.38. The molecule has 2 rings (SSSR count). The zero-order valence-corrected chi connectivity index (χ0v) is 8.34. The predicted molar refractivity (Wildman–Crippen MR) is 49.2 cm³/mol. The maximum Gasteiger partial charge on any atom is 0.0785 e. The normalized spacial score (nSPS) is 42.5. The fourth-order valence-corrected chi connectivity index (χ4v) is 2.49. The van der Waals surface area contributed by atoms with E-state index in [4.69, 9.17) is 4.74 Å². The molecule has 2 heteroatoms. The molecule has 0 radical (unpaired) electrons. The maximum atomic E-state index is 5.80. The van der Waals surface area contributed by atoms with E-state index in [-0.39, 0.29) is 5.60 Å². The van der Waals surface area contributed by atoms with Gasteiger partial charge in [0.1, 0.15) is 0 Å². The van der Waals surface area contributed by atoms with E-state index in [1.807, 2.05) is 0 Å². The average molecular weight is 169 g/mol. The van der Waals surface area contributed by atoms with Crippen LogP contribution in [0.1, 0.15) is 27.2 Å². The summed E-state index contributed by atoms with van der Waals surface area (Å²) < 4.78 is 5.80. The van der Waals surface area contributed by atoms with E-state index in [2.05, 4.69) is 25.7 Å². The Bertz CT molecular complexity index is 181. The van der Waals surface area contributed by atoms with Crippen molar-refractivity contribution >= 4 is 0 Å². The van der Waals surface area contributed by atoms with Gasteiger partial charge >= 0.3 is 0 Å². The lowest BCUT2D eigenvalue weighted by Crippen LogP contribution is -2.48. The minimum atomic E-state index is 0.174. The molecular weight excluding hydrogens is 150 g/mol. The monoisotopic (exact) mass is 169 g/mol. The van der Waals surface area contributed by atoms with Crippen molar-refractivity contribution in [3.8, 4) is 0 Å². The molecule has 0 amide bonds. The van der Waals surface area contributed by atoms with E-state index in [9.17, 15) is 0 Å². The first-order valence-electron chi connectivity index (χ1n) is 4.97. The van der Waals surface area contributed by atoms with Crippen LogP contribution in [0.4, 0.5) is 0 Å². The Hall–Kier alpha value is -0.0800. The largest absolute Gasteiger partial charge is 0.374 e. The van der Waals surface area contributed by atoms with Gasteiger partial charge in [0, 0.05) is 19.1 Å². The third-order valence-corrected chi connectivity index (χ3v) is 3.15. The molecule has 0 N–H and O–H groups in total. The van der Waals surface area contributed by atoms with Crippen molar-refractivity contribution in [2.24, 2.45) is 5.92 Å². The molecule has 0 aromatic carbocycles. The van der Waals surface area contributed by atoms with E-state index >= 15 is 0 Å². The molecule has 0 saturated carbocycles. The van der Waals surface area contributed by atoms with Crippen LogP contribution in [-0.2, 0) is 4.74 Å². The summed E-state index contributed by atoms with van der Waals surface area (Å²) in [5.74, 6) is 0.797. The van der Waals surface area contributed by atoms with Gasteiger partial charge in [-0.25, -0.2) is 0 Å². The molecule has 0 aromatic rings. The summed E-state index contributed by atoms with van der Waals surface area (Å²) in [6.45, 7) is 10.2. The van der Waals surface area contributed by atoms with Crippen LogP contribution in [0.3, 0.4) is 0 Å². The Morgan fingerprint density at radius 1 is 1.50 bits per heavy atom. The van der Waals surface area contributed by atoms with Crippen molar-refractivity contribution in [2.75, 3.05) is 19.7 Å². The van der Waals surface area contributed by atoms with Gasteiger partial charge < -0.3 is 4.74 Å². The van der Waals surface area contributed by atoms with Crippen LogP contribution >= 0.6 is 0 Å². The van der Waals surface area contributed by atoms with Gasteiger partial charge in [0.15, 0.2) is 0 Å². The van der Waals surface area contributed by atoms with E-state index in [1.165, 1.54) is 13.0 Å². The third-order valence-electron chi connectivity index (χ3n) is 3.15. The fraction of sp³-hybridized carbons (Fsp3) is 1.00. The van der Waals surface area contributed by atoms with Crippen molar-refractivity contribution in [3.05, 3.63) is 0 Å². The predicted octanol–water partition coefficient (Wildman–Crippen LogP) is 1.51. The van der Waals surface area contributed by atoms with Crippen LogP contribution in [0.15, 0.2) is 0 Å². The van der Waals surface area contributed by atoms with E-state index in [1.54, 1.807) is 0 Å². The van der Waals surface area contributed by atoms with Crippen molar-refractivity contribution < 1.29 is 4.74 Å². The number of piperidine rings is 1. The van der Waals surface area contributed by atoms with Crippen LogP contribution in [-0.4, -0.2) is 36.2 Å². The van der Waals surface area contributed by atoms with Crippen LogP contribution < -0.4 is 0 Å². The zero-order chi connectivity index (χ0) is 8.77. The number of likely N-dealkylation sites (tertiary alicyclic amines) is 1. The van der Waals surface area contributed by atoms with Crippen molar-refractivity contribution in [2.45, 2.75) is 38.8 Å². The number of ether oxygens (including phenoxy) is 1. The molecule has 2 unspecified atom stereocenters. The molecule has 2 atom stereocenters.